The highest BCUT2D eigenvalue weighted by molar-refractivity contribution is 5.53. The molecule has 1 N–H and O–H groups in total. The van der Waals surface area contributed by atoms with Gasteiger partial charge in [0.15, 0.2) is 0 Å². The van der Waals surface area contributed by atoms with Gasteiger partial charge in [-0.1, -0.05) is 58.0 Å². The third-order valence-electron chi connectivity index (χ3n) is 4.74. The SMILES string of the molecule is CNC(CC(C=O)CCc1ccccc1)C(C)C(C)(C)C. The molecule has 0 aliphatic rings. The Kier molecular flexibility index (Phi) is 7.10. The van der Waals surface area contributed by atoms with E-state index in [0.717, 1.165) is 25.5 Å². The highest BCUT2D eigenvalue weighted by Gasteiger charge is 2.29. The predicted molar refractivity (Wildman–Crippen MR) is 90.4 cm³/mol. The Balaban J connectivity index is 2.57. The summed E-state index contributed by atoms with van der Waals surface area (Å²) >= 11 is 0. The number of benzene rings is 1. The van der Waals surface area contributed by atoms with Crippen LogP contribution in [0.5, 0.6) is 0 Å². The standard InChI is InChI=1S/C19H31NO/c1-15(19(2,3)4)18(20-5)13-17(14-21)12-11-16-9-7-6-8-10-16/h6-10,14-15,17-18,20H,11-13H2,1-5H3. The first-order chi connectivity index (χ1) is 9.88. The second-order valence-electron chi connectivity index (χ2n) is 7.21. The lowest BCUT2D eigenvalue weighted by Crippen LogP contribution is -2.40. The third-order valence-corrected chi connectivity index (χ3v) is 4.74. The number of hydrogen-bond donors (Lipinski definition) is 1. The third kappa shape index (κ3) is 6.01. The van der Waals surface area contributed by atoms with E-state index in [9.17, 15) is 4.79 Å². The summed E-state index contributed by atoms with van der Waals surface area (Å²) in [4.78, 5) is 11.4. The molecular weight excluding hydrogens is 258 g/mol. The van der Waals surface area contributed by atoms with E-state index < -0.39 is 0 Å². The van der Waals surface area contributed by atoms with Crippen molar-refractivity contribution >= 4 is 6.29 Å². The molecule has 3 unspecified atom stereocenters. The molecule has 0 spiro atoms. The number of hydrogen-bond acceptors (Lipinski definition) is 2. The summed E-state index contributed by atoms with van der Waals surface area (Å²) in [5.74, 6) is 0.661. The van der Waals surface area contributed by atoms with E-state index in [1.165, 1.54) is 5.56 Å². The van der Waals surface area contributed by atoms with Crippen LogP contribution in [0.25, 0.3) is 0 Å². The van der Waals surface area contributed by atoms with Gasteiger partial charge in [-0.2, -0.15) is 0 Å². The molecule has 0 saturated heterocycles. The Morgan fingerprint density at radius 3 is 2.29 bits per heavy atom. The summed E-state index contributed by atoms with van der Waals surface area (Å²) in [7, 11) is 2.01. The molecule has 118 valence electrons. The van der Waals surface area contributed by atoms with E-state index in [1.807, 2.05) is 13.1 Å². The van der Waals surface area contributed by atoms with Crippen LogP contribution in [0.1, 0.15) is 46.1 Å². The molecule has 1 aromatic carbocycles. The molecule has 0 aliphatic heterocycles. The second kappa shape index (κ2) is 8.33. The van der Waals surface area contributed by atoms with E-state index >= 15 is 0 Å². The van der Waals surface area contributed by atoms with Crippen LogP contribution in [0.15, 0.2) is 30.3 Å². The topological polar surface area (TPSA) is 29.1 Å². The summed E-state index contributed by atoms with van der Waals surface area (Å²) in [6.07, 6.45) is 3.97. The van der Waals surface area contributed by atoms with Crippen LogP contribution in [0.4, 0.5) is 0 Å². The summed E-state index contributed by atoms with van der Waals surface area (Å²) < 4.78 is 0. The molecule has 3 atom stereocenters. The molecule has 2 heteroatoms. The Bertz CT molecular complexity index is 407. The van der Waals surface area contributed by atoms with Crippen LogP contribution in [0.2, 0.25) is 0 Å². The zero-order valence-corrected chi connectivity index (χ0v) is 14.2. The van der Waals surface area contributed by atoms with Crippen LogP contribution in [-0.2, 0) is 11.2 Å². The number of aryl methyl sites for hydroxylation is 1. The van der Waals surface area contributed by atoms with Crippen LogP contribution in [-0.4, -0.2) is 19.4 Å². The van der Waals surface area contributed by atoms with Crippen molar-refractivity contribution < 1.29 is 4.79 Å². The maximum atomic E-state index is 11.4. The van der Waals surface area contributed by atoms with Crippen molar-refractivity contribution in [2.24, 2.45) is 17.3 Å². The Labute approximate surface area is 130 Å². The minimum absolute atomic E-state index is 0.132. The molecule has 2 nitrogen and oxygen atoms in total. The van der Waals surface area contributed by atoms with E-state index in [2.05, 4.69) is 57.3 Å². The minimum Gasteiger partial charge on any atom is -0.317 e. The van der Waals surface area contributed by atoms with Crippen LogP contribution in [0.3, 0.4) is 0 Å². The number of carbonyl (C=O) groups excluding carboxylic acids is 1. The highest BCUT2D eigenvalue weighted by atomic mass is 16.1. The van der Waals surface area contributed by atoms with E-state index in [1.54, 1.807) is 0 Å². The van der Waals surface area contributed by atoms with E-state index in [-0.39, 0.29) is 11.3 Å². The lowest BCUT2D eigenvalue weighted by Gasteiger charge is -2.35. The quantitative estimate of drug-likeness (QED) is 0.730. The fourth-order valence-corrected chi connectivity index (χ4v) is 2.74. The van der Waals surface area contributed by atoms with Crippen molar-refractivity contribution in [1.82, 2.24) is 5.32 Å². The Hall–Kier alpha value is -1.15. The zero-order valence-electron chi connectivity index (χ0n) is 14.2. The van der Waals surface area contributed by atoms with Crippen molar-refractivity contribution in [3.8, 4) is 0 Å². The lowest BCUT2D eigenvalue weighted by atomic mass is 9.75. The van der Waals surface area contributed by atoms with Gasteiger partial charge in [-0.05, 0) is 43.2 Å². The lowest BCUT2D eigenvalue weighted by molar-refractivity contribution is -0.111. The fraction of sp³-hybridized carbons (Fsp3) is 0.632. The van der Waals surface area contributed by atoms with Gasteiger partial charge in [-0.3, -0.25) is 0 Å². The molecule has 0 fully saturated rings. The first-order valence-electron chi connectivity index (χ1n) is 8.05. The Morgan fingerprint density at radius 2 is 1.81 bits per heavy atom. The van der Waals surface area contributed by atoms with Gasteiger partial charge in [0.05, 0.1) is 0 Å². The normalized spacial score (nSPS) is 16.2. The molecule has 21 heavy (non-hydrogen) atoms. The van der Waals surface area contributed by atoms with Gasteiger partial charge < -0.3 is 10.1 Å². The minimum atomic E-state index is 0.132. The van der Waals surface area contributed by atoms with E-state index in [0.29, 0.717) is 12.0 Å². The van der Waals surface area contributed by atoms with Crippen molar-refractivity contribution in [3.63, 3.8) is 0 Å². The smallest absolute Gasteiger partial charge is 0.123 e. The van der Waals surface area contributed by atoms with Gasteiger partial charge in [0.1, 0.15) is 6.29 Å². The summed E-state index contributed by atoms with van der Waals surface area (Å²) in [5, 5.41) is 3.41. The monoisotopic (exact) mass is 289 g/mol. The van der Waals surface area contributed by atoms with Crippen molar-refractivity contribution in [2.45, 2.75) is 53.0 Å². The molecule has 0 aliphatic carbocycles. The van der Waals surface area contributed by atoms with Crippen molar-refractivity contribution in [3.05, 3.63) is 35.9 Å². The second-order valence-corrected chi connectivity index (χ2v) is 7.21. The van der Waals surface area contributed by atoms with Gasteiger partial charge >= 0.3 is 0 Å². The molecule has 0 bridgehead atoms. The average Bonchev–Trinajstić information content (AvgIpc) is 2.47. The molecular formula is C19H31NO. The van der Waals surface area contributed by atoms with Gasteiger partial charge in [0, 0.05) is 12.0 Å². The Morgan fingerprint density at radius 1 is 1.19 bits per heavy atom. The molecule has 0 amide bonds. The first-order valence-corrected chi connectivity index (χ1v) is 8.05. The molecule has 1 aromatic rings. The van der Waals surface area contributed by atoms with Gasteiger partial charge in [-0.15, -0.1) is 0 Å². The van der Waals surface area contributed by atoms with Gasteiger partial charge in [0.25, 0.3) is 0 Å². The summed E-state index contributed by atoms with van der Waals surface area (Å²) in [6.45, 7) is 9.08. The fourth-order valence-electron chi connectivity index (χ4n) is 2.74. The van der Waals surface area contributed by atoms with Crippen molar-refractivity contribution in [1.29, 1.82) is 0 Å². The number of nitrogens with one attached hydrogen (secondary N) is 1. The van der Waals surface area contributed by atoms with Crippen molar-refractivity contribution in [2.75, 3.05) is 7.05 Å². The largest absolute Gasteiger partial charge is 0.317 e. The van der Waals surface area contributed by atoms with Crippen LogP contribution < -0.4 is 5.32 Å². The molecule has 0 aromatic heterocycles. The van der Waals surface area contributed by atoms with E-state index in [4.69, 9.17) is 0 Å². The molecule has 0 saturated carbocycles. The predicted octanol–water partition coefficient (Wildman–Crippen LogP) is 4.09. The number of carbonyl (C=O) groups is 1. The van der Waals surface area contributed by atoms with Crippen LogP contribution >= 0.6 is 0 Å². The maximum Gasteiger partial charge on any atom is 0.123 e. The average molecular weight is 289 g/mol. The van der Waals surface area contributed by atoms with Gasteiger partial charge in [0.2, 0.25) is 0 Å². The summed E-state index contributed by atoms with van der Waals surface area (Å²) in [6, 6.07) is 10.8. The highest BCUT2D eigenvalue weighted by Crippen LogP contribution is 2.31. The first kappa shape index (κ1) is 17.9. The summed E-state index contributed by atoms with van der Waals surface area (Å²) in [5.41, 5.74) is 1.56. The molecule has 0 heterocycles. The number of aldehydes is 1. The zero-order chi connectivity index (χ0) is 15.9. The molecule has 0 radical (unpaired) electrons. The maximum absolute atomic E-state index is 11.4. The number of rotatable bonds is 8. The molecule has 1 rings (SSSR count). The van der Waals surface area contributed by atoms with Crippen LogP contribution in [0, 0.1) is 17.3 Å². The van der Waals surface area contributed by atoms with Gasteiger partial charge in [-0.25, -0.2) is 0 Å².